The van der Waals surface area contributed by atoms with Crippen LogP contribution in [0.15, 0.2) is 18.2 Å². The maximum Gasteiger partial charge on any atom is 0.304 e. The van der Waals surface area contributed by atoms with Crippen LogP contribution in [0.1, 0.15) is 23.1 Å². The summed E-state index contributed by atoms with van der Waals surface area (Å²) in [5.74, 6) is -0.762. The van der Waals surface area contributed by atoms with E-state index in [4.69, 9.17) is 10.4 Å². The van der Waals surface area contributed by atoms with Crippen LogP contribution in [0, 0.1) is 11.3 Å². The molecule has 0 aliphatic carbocycles. The van der Waals surface area contributed by atoms with E-state index in [-0.39, 0.29) is 6.42 Å². The summed E-state index contributed by atoms with van der Waals surface area (Å²) in [4.78, 5) is 12.6. The number of aliphatic carboxylic acids is 1. The topological polar surface area (TPSA) is 64.3 Å². The van der Waals surface area contributed by atoms with E-state index >= 15 is 0 Å². The maximum absolute atomic E-state index is 10.5. The largest absolute Gasteiger partial charge is 0.481 e. The highest BCUT2D eigenvalue weighted by molar-refractivity contribution is 5.66. The first-order valence-corrected chi connectivity index (χ1v) is 5.65. The molecule has 0 unspecified atom stereocenters. The van der Waals surface area contributed by atoms with Crippen LogP contribution in [-0.4, -0.2) is 29.1 Å². The Bertz CT molecular complexity index is 477. The van der Waals surface area contributed by atoms with E-state index in [1.807, 2.05) is 18.2 Å². The van der Waals surface area contributed by atoms with Gasteiger partial charge in [-0.1, -0.05) is 6.07 Å². The lowest BCUT2D eigenvalue weighted by molar-refractivity contribution is -0.137. The van der Waals surface area contributed by atoms with Crippen LogP contribution in [0.25, 0.3) is 0 Å². The van der Waals surface area contributed by atoms with Gasteiger partial charge in [0, 0.05) is 19.6 Å². The fourth-order valence-electron chi connectivity index (χ4n) is 2.13. The number of benzene rings is 1. The summed E-state index contributed by atoms with van der Waals surface area (Å²) in [6.07, 6.45) is 1.11. The molecule has 4 heteroatoms. The van der Waals surface area contributed by atoms with Crippen LogP contribution in [0.5, 0.6) is 0 Å². The molecule has 4 nitrogen and oxygen atoms in total. The molecule has 1 aromatic carbocycles. The van der Waals surface area contributed by atoms with Gasteiger partial charge in [0.15, 0.2) is 0 Å². The fourth-order valence-corrected chi connectivity index (χ4v) is 2.13. The lowest BCUT2D eigenvalue weighted by Crippen LogP contribution is -2.32. The van der Waals surface area contributed by atoms with E-state index in [0.29, 0.717) is 12.1 Å². The Morgan fingerprint density at radius 2 is 2.29 bits per heavy atom. The third-order valence-corrected chi connectivity index (χ3v) is 3.07. The Hall–Kier alpha value is -1.86. The minimum absolute atomic E-state index is 0.174. The van der Waals surface area contributed by atoms with Crippen molar-refractivity contribution in [3.05, 3.63) is 34.9 Å². The summed E-state index contributed by atoms with van der Waals surface area (Å²) in [7, 11) is 0. The van der Waals surface area contributed by atoms with E-state index in [1.165, 1.54) is 5.56 Å². The van der Waals surface area contributed by atoms with Gasteiger partial charge in [-0.15, -0.1) is 0 Å². The summed E-state index contributed by atoms with van der Waals surface area (Å²) in [6, 6.07) is 7.88. The number of rotatable bonds is 3. The Labute approximate surface area is 100 Å². The van der Waals surface area contributed by atoms with Gasteiger partial charge >= 0.3 is 5.97 Å². The van der Waals surface area contributed by atoms with Gasteiger partial charge in [0.25, 0.3) is 0 Å². The molecule has 1 aromatic rings. The summed E-state index contributed by atoms with van der Waals surface area (Å²) >= 11 is 0. The lowest BCUT2D eigenvalue weighted by Gasteiger charge is -2.28. The molecule has 0 aromatic heterocycles. The number of carboxylic acid groups (broad SMARTS) is 1. The quantitative estimate of drug-likeness (QED) is 0.852. The van der Waals surface area contributed by atoms with Crippen molar-refractivity contribution >= 4 is 5.97 Å². The van der Waals surface area contributed by atoms with Crippen LogP contribution in [-0.2, 0) is 17.8 Å². The molecular formula is C13H14N2O2. The molecule has 1 heterocycles. The van der Waals surface area contributed by atoms with E-state index < -0.39 is 5.97 Å². The Morgan fingerprint density at radius 3 is 3.00 bits per heavy atom. The van der Waals surface area contributed by atoms with Gasteiger partial charge in [0.1, 0.15) is 0 Å². The summed E-state index contributed by atoms with van der Waals surface area (Å²) in [5, 5.41) is 17.5. The SMILES string of the molecule is N#Cc1ccc2c(c1)CN(CCC(=O)O)CC2. The van der Waals surface area contributed by atoms with Crippen LogP contribution in [0.2, 0.25) is 0 Å². The summed E-state index contributed by atoms with van der Waals surface area (Å²) in [5.41, 5.74) is 3.10. The minimum Gasteiger partial charge on any atom is -0.481 e. The molecule has 88 valence electrons. The maximum atomic E-state index is 10.5. The fraction of sp³-hybridized carbons (Fsp3) is 0.385. The van der Waals surface area contributed by atoms with E-state index in [1.54, 1.807) is 0 Å². The molecule has 0 spiro atoms. The number of nitriles is 1. The van der Waals surface area contributed by atoms with Crippen molar-refractivity contribution < 1.29 is 9.90 Å². The zero-order valence-corrected chi connectivity index (χ0v) is 9.52. The van der Waals surface area contributed by atoms with Gasteiger partial charge in [-0.05, 0) is 29.7 Å². The Balaban J connectivity index is 2.07. The van der Waals surface area contributed by atoms with Gasteiger partial charge in [-0.3, -0.25) is 9.69 Å². The van der Waals surface area contributed by atoms with Crippen LogP contribution in [0.3, 0.4) is 0 Å². The Kier molecular flexibility index (Phi) is 3.40. The van der Waals surface area contributed by atoms with Gasteiger partial charge in [-0.2, -0.15) is 5.26 Å². The van der Waals surface area contributed by atoms with Gasteiger partial charge in [0.2, 0.25) is 0 Å². The molecule has 0 saturated heterocycles. The molecule has 0 atom stereocenters. The number of fused-ring (bicyclic) bond motifs is 1. The standard InChI is InChI=1S/C13H14N2O2/c14-8-10-1-2-11-3-5-15(6-4-13(16)17)9-12(11)7-10/h1-2,7H,3-6,9H2,(H,16,17). The van der Waals surface area contributed by atoms with Crippen molar-refractivity contribution in [3.8, 4) is 6.07 Å². The van der Waals surface area contributed by atoms with Crippen molar-refractivity contribution in [2.24, 2.45) is 0 Å². The first-order chi connectivity index (χ1) is 8.19. The molecule has 2 rings (SSSR count). The van der Waals surface area contributed by atoms with Crippen LogP contribution >= 0.6 is 0 Å². The summed E-state index contributed by atoms with van der Waals surface area (Å²) < 4.78 is 0. The second-order valence-electron chi connectivity index (χ2n) is 4.27. The predicted octanol–water partition coefficient (Wildman–Crippen LogP) is 1.39. The molecular weight excluding hydrogens is 216 g/mol. The Morgan fingerprint density at radius 1 is 1.47 bits per heavy atom. The third-order valence-electron chi connectivity index (χ3n) is 3.07. The number of carbonyl (C=O) groups is 1. The number of nitrogens with zero attached hydrogens (tertiary/aromatic N) is 2. The third kappa shape index (κ3) is 2.83. The second kappa shape index (κ2) is 4.98. The number of hydrogen-bond acceptors (Lipinski definition) is 3. The molecule has 1 aliphatic rings. The molecule has 17 heavy (non-hydrogen) atoms. The number of carboxylic acids is 1. The molecule has 1 aliphatic heterocycles. The molecule has 0 bridgehead atoms. The average molecular weight is 230 g/mol. The first-order valence-electron chi connectivity index (χ1n) is 5.65. The second-order valence-corrected chi connectivity index (χ2v) is 4.27. The highest BCUT2D eigenvalue weighted by Gasteiger charge is 2.16. The molecule has 0 radical (unpaired) electrons. The summed E-state index contributed by atoms with van der Waals surface area (Å²) in [6.45, 7) is 2.22. The average Bonchev–Trinajstić information content (AvgIpc) is 2.35. The van der Waals surface area contributed by atoms with Gasteiger partial charge in [-0.25, -0.2) is 0 Å². The van der Waals surface area contributed by atoms with Crippen molar-refractivity contribution in [2.45, 2.75) is 19.4 Å². The molecule has 0 amide bonds. The van der Waals surface area contributed by atoms with Crippen molar-refractivity contribution in [3.63, 3.8) is 0 Å². The monoisotopic (exact) mass is 230 g/mol. The van der Waals surface area contributed by atoms with Crippen LogP contribution < -0.4 is 0 Å². The van der Waals surface area contributed by atoms with Crippen molar-refractivity contribution in [2.75, 3.05) is 13.1 Å². The highest BCUT2D eigenvalue weighted by Crippen LogP contribution is 2.20. The van der Waals surface area contributed by atoms with Crippen molar-refractivity contribution in [1.29, 1.82) is 5.26 Å². The van der Waals surface area contributed by atoms with Crippen molar-refractivity contribution in [1.82, 2.24) is 4.90 Å². The lowest BCUT2D eigenvalue weighted by atomic mass is 9.97. The smallest absolute Gasteiger partial charge is 0.304 e. The normalized spacial score (nSPS) is 15.0. The number of hydrogen-bond donors (Lipinski definition) is 1. The van der Waals surface area contributed by atoms with Crippen LogP contribution in [0.4, 0.5) is 0 Å². The molecule has 1 N–H and O–H groups in total. The zero-order valence-electron chi connectivity index (χ0n) is 9.52. The predicted molar refractivity (Wildman–Crippen MR) is 62.4 cm³/mol. The zero-order chi connectivity index (χ0) is 12.3. The van der Waals surface area contributed by atoms with E-state index in [0.717, 1.165) is 25.1 Å². The highest BCUT2D eigenvalue weighted by atomic mass is 16.4. The van der Waals surface area contributed by atoms with E-state index in [9.17, 15) is 4.79 Å². The minimum atomic E-state index is -0.762. The molecule has 0 fully saturated rings. The first kappa shape index (κ1) is 11.6. The molecule has 0 saturated carbocycles. The van der Waals surface area contributed by atoms with Gasteiger partial charge < -0.3 is 5.11 Å². The van der Waals surface area contributed by atoms with E-state index in [2.05, 4.69) is 11.0 Å². The van der Waals surface area contributed by atoms with Gasteiger partial charge in [0.05, 0.1) is 18.1 Å².